The summed E-state index contributed by atoms with van der Waals surface area (Å²) < 4.78 is 0. The Bertz CT molecular complexity index is 223. The van der Waals surface area contributed by atoms with Gasteiger partial charge < -0.3 is 5.11 Å². The molecule has 0 aromatic rings. The highest BCUT2D eigenvalue weighted by Gasteiger charge is 2.27. The fourth-order valence-electron chi connectivity index (χ4n) is 2.19. The van der Waals surface area contributed by atoms with Gasteiger partial charge in [0, 0.05) is 18.8 Å². The maximum Gasteiger partial charge on any atom is 0.303 e. The van der Waals surface area contributed by atoms with Gasteiger partial charge >= 0.3 is 5.97 Å². The quantitative estimate of drug-likeness (QED) is 0.753. The summed E-state index contributed by atoms with van der Waals surface area (Å²) in [4.78, 5) is 21.7. The van der Waals surface area contributed by atoms with E-state index in [-0.39, 0.29) is 12.3 Å². The van der Waals surface area contributed by atoms with Gasteiger partial charge in [0.15, 0.2) is 0 Å². The Labute approximate surface area is 84.5 Å². The van der Waals surface area contributed by atoms with Gasteiger partial charge in [-0.25, -0.2) is 0 Å². The van der Waals surface area contributed by atoms with Crippen molar-refractivity contribution in [3.63, 3.8) is 0 Å². The summed E-state index contributed by atoms with van der Waals surface area (Å²) in [5.41, 5.74) is 0. The van der Waals surface area contributed by atoms with Gasteiger partial charge in [-0.3, -0.25) is 9.59 Å². The number of hydrogen-bond donors (Lipinski definition) is 1. The Morgan fingerprint density at radius 1 is 1.57 bits per heavy atom. The second kappa shape index (κ2) is 5.13. The number of hydrogen-bond acceptors (Lipinski definition) is 2. The lowest BCUT2D eigenvalue weighted by Gasteiger charge is -2.27. The van der Waals surface area contributed by atoms with Crippen molar-refractivity contribution in [2.75, 3.05) is 0 Å². The van der Waals surface area contributed by atoms with Crippen LogP contribution in [0.4, 0.5) is 0 Å². The molecule has 0 unspecified atom stereocenters. The number of carboxylic acids is 1. The summed E-state index contributed by atoms with van der Waals surface area (Å²) in [6.07, 6.45) is 4.62. The van der Waals surface area contributed by atoms with Crippen LogP contribution in [-0.2, 0) is 9.59 Å². The molecule has 1 rings (SSSR count). The summed E-state index contributed by atoms with van der Waals surface area (Å²) in [5, 5.41) is 8.49. The van der Waals surface area contributed by atoms with Crippen molar-refractivity contribution >= 4 is 11.8 Å². The summed E-state index contributed by atoms with van der Waals surface area (Å²) in [7, 11) is 0. The number of carboxylic acid groups (broad SMARTS) is 1. The van der Waals surface area contributed by atoms with Crippen molar-refractivity contribution in [2.45, 2.75) is 45.4 Å². The molecule has 2 atom stereocenters. The van der Waals surface area contributed by atoms with Crippen LogP contribution in [0.3, 0.4) is 0 Å². The molecule has 0 aliphatic heterocycles. The Morgan fingerprint density at radius 3 is 2.93 bits per heavy atom. The van der Waals surface area contributed by atoms with Crippen LogP contribution < -0.4 is 0 Å². The van der Waals surface area contributed by atoms with Crippen molar-refractivity contribution < 1.29 is 14.7 Å². The average Bonchev–Trinajstić information content (AvgIpc) is 2.12. The van der Waals surface area contributed by atoms with Gasteiger partial charge in [0.2, 0.25) is 0 Å². The zero-order valence-electron chi connectivity index (χ0n) is 8.66. The summed E-state index contributed by atoms with van der Waals surface area (Å²) in [6, 6.07) is 0. The first kappa shape index (κ1) is 11.2. The predicted molar refractivity (Wildman–Crippen MR) is 53.0 cm³/mol. The normalized spacial score (nSPS) is 27.6. The van der Waals surface area contributed by atoms with Crippen LogP contribution in [0.5, 0.6) is 0 Å². The SMILES string of the molecule is C[C@H]1C(=O)CCC[C@H]1CCCC(=O)O. The Hall–Kier alpha value is -0.860. The molecule has 0 amide bonds. The summed E-state index contributed by atoms with van der Waals surface area (Å²) in [5.74, 6) is 0.199. The monoisotopic (exact) mass is 198 g/mol. The van der Waals surface area contributed by atoms with Gasteiger partial charge in [-0.1, -0.05) is 6.92 Å². The second-order valence-electron chi connectivity index (χ2n) is 4.19. The number of aliphatic carboxylic acids is 1. The molecule has 0 saturated heterocycles. The first-order valence-corrected chi connectivity index (χ1v) is 5.35. The molecule has 80 valence electrons. The number of Topliss-reactive ketones (excluding diaryl/α,β-unsaturated/α-hetero) is 1. The van der Waals surface area contributed by atoms with E-state index in [4.69, 9.17) is 5.11 Å². The largest absolute Gasteiger partial charge is 0.481 e. The minimum Gasteiger partial charge on any atom is -0.481 e. The van der Waals surface area contributed by atoms with Crippen molar-refractivity contribution in [3.05, 3.63) is 0 Å². The van der Waals surface area contributed by atoms with E-state index in [2.05, 4.69) is 0 Å². The van der Waals surface area contributed by atoms with E-state index in [1.807, 2.05) is 6.92 Å². The Morgan fingerprint density at radius 2 is 2.29 bits per heavy atom. The van der Waals surface area contributed by atoms with E-state index in [0.29, 0.717) is 18.1 Å². The molecule has 3 heteroatoms. The van der Waals surface area contributed by atoms with Crippen molar-refractivity contribution in [2.24, 2.45) is 11.8 Å². The molecular formula is C11H18O3. The fourth-order valence-corrected chi connectivity index (χ4v) is 2.19. The molecule has 1 N–H and O–H groups in total. The van der Waals surface area contributed by atoms with E-state index >= 15 is 0 Å². The van der Waals surface area contributed by atoms with E-state index in [0.717, 1.165) is 25.7 Å². The highest BCUT2D eigenvalue weighted by Crippen LogP contribution is 2.30. The molecular weight excluding hydrogens is 180 g/mol. The fraction of sp³-hybridized carbons (Fsp3) is 0.818. The Kier molecular flexibility index (Phi) is 4.11. The van der Waals surface area contributed by atoms with Crippen LogP contribution in [0, 0.1) is 11.8 Å². The summed E-state index contributed by atoms with van der Waals surface area (Å²) >= 11 is 0. The lowest BCUT2D eigenvalue weighted by molar-refractivity contribution is -0.137. The molecule has 1 fully saturated rings. The number of carbonyl (C=O) groups excluding carboxylic acids is 1. The van der Waals surface area contributed by atoms with Crippen LogP contribution in [0.15, 0.2) is 0 Å². The third-order valence-electron chi connectivity index (χ3n) is 3.18. The standard InChI is InChI=1S/C11H18O3/c1-8-9(4-2-6-10(8)12)5-3-7-11(13)14/h8-9H,2-7H2,1H3,(H,13,14)/t8-,9+/m1/s1. The average molecular weight is 198 g/mol. The van der Waals surface area contributed by atoms with Crippen LogP contribution in [0.1, 0.15) is 45.4 Å². The lowest BCUT2D eigenvalue weighted by Crippen LogP contribution is -2.25. The lowest BCUT2D eigenvalue weighted by atomic mass is 9.77. The van der Waals surface area contributed by atoms with E-state index in [1.165, 1.54) is 0 Å². The molecule has 0 aromatic heterocycles. The minimum absolute atomic E-state index is 0.151. The van der Waals surface area contributed by atoms with Crippen molar-refractivity contribution in [1.82, 2.24) is 0 Å². The molecule has 3 nitrogen and oxygen atoms in total. The molecule has 1 saturated carbocycles. The third-order valence-corrected chi connectivity index (χ3v) is 3.18. The van der Waals surface area contributed by atoms with Gasteiger partial charge in [-0.2, -0.15) is 0 Å². The Balaban J connectivity index is 2.29. The topological polar surface area (TPSA) is 54.4 Å². The van der Waals surface area contributed by atoms with Gasteiger partial charge in [-0.05, 0) is 31.6 Å². The maximum atomic E-state index is 11.4. The van der Waals surface area contributed by atoms with E-state index < -0.39 is 5.97 Å². The highest BCUT2D eigenvalue weighted by molar-refractivity contribution is 5.81. The zero-order chi connectivity index (χ0) is 10.6. The molecule has 0 spiro atoms. The van der Waals surface area contributed by atoms with Crippen LogP contribution >= 0.6 is 0 Å². The summed E-state index contributed by atoms with van der Waals surface area (Å²) in [6.45, 7) is 1.98. The smallest absolute Gasteiger partial charge is 0.303 e. The third kappa shape index (κ3) is 3.13. The van der Waals surface area contributed by atoms with Crippen molar-refractivity contribution in [3.8, 4) is 0 Å². The number of carbonyl (C=O) groups is 2. The number of ketones is 1. The van der Waals surface area contributed by atoms with Gasteiger partial charge in [0.25, 0.3) is 0 Å². The molecule has 0 aromatic carbocycles. The maximum absolute atomic E-state index is 11.4. The van der Waals surface area contributed by atoms with Crippen LogP contribution in [0.2, 0.25) is 0 Å². The van der Waals surface area contributed by atoms with E-state index in [9.17, 15) is 9.59 Å². The second-order valence-corrected chi connectivity index (χ2v) is 4.19. The van der Waals surface area contributed by atoms with Gasteiger partial charge in [-0.15, -0.1) is 0 Å². The first-order valence-electron chi connectivity index (χ1n) is 5.35. The molecule has 1 aliphatic carbocycles. The first-order chi connectivity index (χ1) is 6.61. The van der Waals surface area contributed by atoms with Crippen LogP contribution in [-0.4, -0.2) is 16.9 Å². The minimum atomic E-state index is -0.736. The molecule has 1 aliphatic rings. The van der Waals surface area contributed by atoms with Crippen molar-refractivity contribution in [1.29, 1.82) is 0 Å². The molecule has 14 heavy (non-hydrogen) atoms. The van der Waals surface area contributed by atoms with Gasteiger partial charge in [0.05, 0.1) is 0 Å². The predicted octanol–water partition coefficient (Wildman–Crippen LogP) is 2.25. The molecule has 0 heterocycles. The van der Waals surface area contributed by atoms with E-state index in [1.54, 1.807) is 0 Å². The number of rotatable bonds is 4. The molecule has 0 bridgehead atoms. The highest BCUT2D eigenvalue weighted by atomic mass is 16.4. The zero-order valence-corrected chi connectivity index (χ0v) is 8.66. The van der Waals surface area contributed by atoms with Crippen LogP contribution in [0.25, 0.3) is 0 Å². The molecule has 0 radical (unpaired) electrons. The van der Waals surface area contributed by atoms with Gasteiger partial charge in [0.1, 0.15) is 5.78 Å².